The highest BCUT2D eigenvalue weighted by Gasteiger charge is 2.11. The number of aliphatic hydroxyl groups is 1. The van der Waals surface area contributed by atoms with Crippen molar-refractivity contribution in [2.24, 2.45) is 0 Å². The summed E-state index contributed by atoms with van der Waals surface area (Å²) in [6.07, 6.45) is 0. The van der Waals surface area contributed by atoms with Crippen molar-refractivity contribution < 1.29 is 14.3 Å². The number of hydrogen-bond acceptors (Lipinski definition) is 4. The highest BCUT2D eigenvalue weighted by molar-refractivity contribution is 7.80. The topological polar surface area (TPSA) is 74.5 Å². The van der Waals surface area contributed by atoms with Crippen molar-refractivity contribution in [3.63, 3.8) is 0 Å². The van der Waals surface area contributed by atoms with Gasteiger partial charge in [-0.2, -0.15) is 0 Å². The summed E-state index contributed by atoms with van der Waals surface area (Å²) in [4.78, 5) is 12.4. The van der Waals surface area contributed by atoms with Crippen LogP contribution in [0.3, 0.4) is 0 Å². The van der Waals surface area contributed by atoms with Gasteiger partial charge in [0, 0.05) is 16.8 Å². The van der Waals surface area contributed by atoms with Crippen molar-refractivity contribution in [2.75, 3.05) is 5.32 Å². The molecule has 6 heteroatoms. The Labute approximate surface area is 169 Å². The van der Waals surface area contributed by atoms with Crippen LogP contribution in [0.1, 0.15) is 32.8 Å². The van der Waals surface area contributed by atoms with Crippen LogP contribution >= 0.6 is 12.2 Å². The number of rotatable bonds is 4. The molecule has 0 fully saturated rings. The molecular weight excluding hydrogens is 372 g/mol. The van der Waals surface area contributed by atoms with E-state index in [1.54, 1.807) is 18.2 Å². The minimum atomic E-state index is -0.256. The number of benzene rings is 2. The Kier molecular flexibility index (Phi) is 5.92. The third kappa shape index (κ3) is 4.47. The van der Waals surface area contributed by atoms with Gasteiger partial charge in [-0.05, 0) is 80.0 Å². The molecule has 1 amide bonds. The Morgan fingerprint density at radius 2 is 1.75 bits per heavy atom. The fraction of sp³-hybridized carbons (Fsp3) is 0.182. The van der Waals surface area contributed by atoms with Gasteiger partial charge in [-0.1, -0.05) is 18.2 Å². The van der Waals surface area contributed by atoms with Crippen LogP contribution in [-0.4, -0.2) is 16.1 Å². The predicted octanol–water partition coefficient (Wildman–Crippen LogP) is 4.49. The molecule has 28 heavy (non-hydrogen) atoms. The first-order chi connectivity index (χ1) is 13.4. The summed E-state index contributed by atoms with van der Waals surface area (Å²) in [6, 6.07) is 14.8. The molecule has 2 aromatic carbocycles. The van der Waals surface area contributed by atoms with Crippen LogP contribution in [0.15, 0.2) is 52.9 Å². The highest BCUT2D eigenvalue weighted by Crippen LogP contribution is 2.27. The summed E-state index contributed by atoms with van der Waals surface area (Å²) < 4.78 is 5.58. The molecule has 0 aliphatic heterocycles. The molecule has 3 rings (SSSR count). The van der Waals surface area contributed by atoms with E-state index in [4.69, 9.17) is 21.7 Å². The zero-order chi connectivity index (χ0) is 20.3. The van der Waals surface area contributed by atoms with Gasteiger partial charge in [0.15, 0.2) is 5.11 Å². The number of carbonyl (C=O) groups excluding carboxylic acids is 1. The third-order valence-electron chi connectivity index (χ3n) is 4.58. The Hall–Kier alpha value is -2.96. The summed E-state index contributed by atoms with van der Waals surface area (Å²) in [7, 11) is 0. The second-order valence-electron chi connectivity index (χ2n) is 6.66. The van der Waals surface area contributed by atoms with Crippen molar-refractivity contribution in [2.45, 2.75) is 27.4 Å². The molecule has 0 aliphatic rings. The lowest BCUT2D eigenvalue weighted by atomic mass is 10.1. The number of aliphatic hydroxyl groups excluding tert-OH is 1. The number of thiocarbonyl (C=S) groups is 1. The van der Waals surface area contributed by atoms with E-state index in [0.717, 1.165) is 27.9 Å². The smallest absolute Gasteiger partial charge is 0.257 e. The molecule has 0 bridgehead atoms. The van der Waals surface area contributed by atoms with E-state index in [0.29, 0.717) is 17.1 Å². The maximum Gasteiger partial charge on any atom is 0.257 e. The van der Waals surface area contributed by atoms with E-state index in [9.17, 15) is 4.79 Å². The van der Waals surface area contributed by atoms with Crippen LogP contribution in [0.25, 0.3) is 11.3 Å². The number of furan rings is 1. The molecule has 1 heterocycles. The summed E-state index contributed by atoms with van der Waals surface area (Å²) in [6.45, 7) is 5.77. The molecule has 1 aromatic heterocycles. The molecule has 0 radical (unpaired) electrons. The number of nitrogens with one attached hydrogen (secondary N) is 2. The van der Waals surface area contributed by atoms with E-state index in [2.05, 4.69) is 10.6 Å². The van der Waals surface area contributed by atoms with Crippen LogP contribution in [0.2, 0.25) is 0 Å². The van der Waals surface area contributed by atoms with Crippen molar-refractivity contribution >= 4 is 28.9 Å². The number of hydrogen-bond donors (Lipinski definition) is 3. The molecule has 0 spiro atoms. The normalized spacial score (nSPS) is 10.6. The Morgan fingerprint density at radius 1 is 1.00 bits per heavy atom. The molecule has 3 N–H and O–H groups in total. The lowest BCUT2D eigenvalue weighted by molar-refractivity contribution is 0.0977. The van der Waals surface area contributed by atoms with Gasteiger partial charge in [0.05, 0.1) is 0 Å². The standard InChI is InChI=1S/C22H22N2O3S/c1-13-4-7-17(10-15(13)3)21(26)24-22(28)23-19-11-16(6-5-14(19)2)20-9-8-18(12-25)27-20/h4-11,25H,12H2,1-3H3,(H2,23,24,26,28). The first-order valence-electron chi connectivity index (χ1n) is 8.87. The van der Waals surface area contributed by atoms with Crippen LogP contribution in [0.5, 0.6) is 0 Å². The van der Waals surface area contributed by atoms with E-state index < -0.39 is 0 Å². The van der Waals surface area contributed by atoms with Crippen molar-refractivity contribution in [1.82, 2.24) is 5.32 Å². The van der Waals surface area contributed by atoms with Crippen molar-refractivity contribution in [1.29, 1.82) is 0 Å². The largest absolute Gasteiger partial charge is 0.459 e. The Bertz CT molecular complexity index is 1040. The van der Waals surface area contributed by atoms with Crippen molar-refractivity contribution in [3.05, 3.63) is 76.5 Å². The maximum absolute atomic E-state index is 12.4. The van der Waals surface area contributed by atoms with Crippen LogP contribution < -0.4 is 10.6 Å². The fourth-order valence-corrected chi connectivity index (χ4v) is 2.94. The zero-order valence-electron chi connectivity index (χ0n) is 16.0. The molecule has 0 atom stereocenters. The average molecular weight is 394 g/mol. The molecule has 3 aromatic rings. The maximum atomic E-state index is 12.4. The average Bonchev–Trinajstić information content (AvgIpc) is 3.15. The molecule has 0 aliphatic carbocycles. The molecule has 5 nitrogen and oxygen atoms in total. The second-order valence-corrected chi connectivity index (χ2v) is 7.07. The predicted molar refractivity (Wildman–Crippen MR) is 114 cm³/mol. The van der Waals surface area contributed by atoms with Gasteiger partial charge in [0.25, 0.3) is 5.91 Å². The highest BCUT2D eigenvalue weighted by atomic mass is 32.1. The van der Waals surface area contributed by atoms with E-state index in [-0.39, 0.29) is 17.6 Å². The molecule has 144 valence electrons. The lowest BCUT2D eigenvalue weighted by Crippen LogP contribution is -2.34. The van der Waals surface area contributed by atoms with Crippen LogP contribution in [-0.2, 0) is 6.61 Å². The summed E-state index contributed by atoms with van der Waals surface area (Å²) >= 11 is 5.31. The summed E-state index contributed by atoms with van der Waals surface area (Å²) in [5.74, 6) is 0.895. The van der Waals surface area contributed by atoms with Crippen LogP contribution in [0, 0.1) is 20.8 Å². The molecule has 0 saturated heterocycles. The van der Waals surface area contributed by atoms with Gasteiger partial charge in [0.2, 0.25) is 0 Å². The Balaban J connectivity index is 1.73. The van der Waals surface area contributed by atoms with Crippen LogP contribution in [0.4, 0.5) is 5.69 Å². The number of anilines is 1. The first kappa shape index (κ1) is 19.8. The van der Waals surface area contributed by atoms with E-state index in [1.165, 1.54) is 0 Å². The summed E-state index contributed by atoms with van der Waals surface area (Å²) in [5.41, 5.74) is 5.33. The molecule has 0 saturated carbocycles. The first-order valence-corrected chi connectivity index (χ1v) is 9.28. The monoisotopic (exact) mass is 394 g/mol. The van der Waals surface area contributed by atoms with Gasteiger partial charge < -0.3 is 14.8 Å². The van der Waals surface area contributed by atoms with E-state index in [1.807, 2.05) is 51.1 Å². The van der Waals surface area contributed by atoms with Gasteiger partial charge in [-0.15, -0.1) is 0 Å². The minimum Gasteiger partial charge on any atom is -0.459 e. The van der Waals surface area contributed by atoms with Crippen molar-refractivity contribution in [3.8, 4) is 11.3 Å². The number of carbonyl (C=O) groups is 1. The van der Waals surface area contributed by atoms with Gasteiger partial charge in [-0.3, -0.25) is 10.1 Å². The fourth-order valence-electron chi connectivity index (χ4n) is 2.74. The zero-order valence-corrected chi connectivity index (χ0v) is 16.8. The third-order valence-corrected chi connectivity index (χ3v) is 4.79. The lowest BCUT2D eigenvalue weighted by Gasteiger charge is -2.13. The minimum absolute atomic E-state index is 0.147. The van der Waals surface area contributed by atoms with Gasteiger partial charge >= 0.3 is 0 Å². The SMILES string of the molecule is Cc1ccc(C(=O)NC(=S)Nc2cc(-c3ccc(CO)o3)ccc2C)cc1C. The molecular formula is C22H22N2O3S. The second kappa shape index (κ2) is 8.37. The van der Waals surface area contributed by atoms with Gasteiger partial charge in [0.1, 0.15) is 18.1 Å². The number of aryl methyl sites for hydroxylation is 3. The quantitative estimate of drug-likeness (QED) is 0.569. The molecule has 0 unspecified atom stereocenters. The van der Waals surface area contributed by atoms with E-state index >= 15 is 0 Å². The Morgan fingerprint density at radius 3 is 2.43 bits per heavy atom. The summed E-state index contributed by atoms with van der Waals surface area (Å²) in [5, 5.41) is 15.2. The number of amides is 1. The van der Waals surface area contributed by atoms with Gasteiger partial charge in [-0.25, -0.2) is 0 Å².